The lowest BCUT2D eigenvalue weighted by atomic mass is 10.2. The Bertz CT molecular complexity index is 376. The van der Waals surface area contributed by atoms with Crippen molar-refractivity contribution in [3.8, 4) is 12.3 Å². The molecule has 0 unspecified atom stereocenters. The van der Waals surface area contributed by atoms with Crippen LogP contribution < -0.4 is 5.32 Å². The zero-order valence-corrected chi connectivity index (χ0v) is 12.0. The maximum atomic E-state index is 5.99. The van der Waals surface area contributed by atoms with Crippen LogP contribution in [0.15, 0.2) is 22.7 Å². The Labute approximate surface area is 114 Å². The van der Waals surface area contributed by atoms with E-state index in [0.717, 1.165) is 34.1 Å². The number of terminal acetylenes is 1. The molecule has 1 nitrogen and oxygen atoms in total. The number of halogens is 2. The lowest BCUT2D eigenvalue weighted by Gasteiger charge is -2.05. The van der Waals surface area contributed by atoms with E-state index in [4.69, 9.17) is 18.0 Å². The third-order valence-electron chi connectivity index (χ3n) is 1.92. The molecular formula is C12H13BrClNS. The smallest absolute Gasteiger partial charge is 0.0551 e. The quantitative estimate of drug-likeness (QED) is 0.636. The molecule has 0 aromatic heterocycles. The first kappa shape index (κ1) is 13.9. The second-order valence-corrected chi connectivity index (χ2v) is 5.55. The monoisotopic (exact) mass is 317 g/mol. The van der Waals surface area contributed by atoms with Crippen molar-refractivity contribution in [1.82, 2.24) is 5.32 Å². The van der Waals surface area contributed by atoms with E-state index in [1.54, 1.807) is 11.8 Å². The van der Waals surface area contributed by atoms with Crippen molar-refractivity contribution in [3.63, 3.8) is 0 Å². The van der Waals surface area contributed by atoms with Gasteiger partial charge in [0.15, 0.2) is 0 Å². The Morgan fingerprint density at radius 3 is 3.00 bits per heavy atom. The molecule has 0 heterocycles. The molecule has 1 aromatic rings. The fourth-order valence-corrected chi connectivity index (χ4v) is 2.16. The summed E-state index contributed by atoms with van der Waals surface area (Å²) in [7, 11) is 0. The first-order chi connectivity index (χ1) is 7.74. The summed E-state index contributed by atoms with van der Waals surface area (Å²) in [5.41, 5.74) is 1.19. The van der Waals surface area contributed by atoms with Gasteiger partial charge in [-0.2, -0.15) is 0 Å². The van der Waals surface area contributed by atoms with Gasteiger partial charge in [-0.3, -0.25) is 0 Å². The van der Waals surface area contributed by atoms with Crippen LogP contribution in [0.2, 0.25) is 5.02 Å². The molecule has 1 rings (SSSR count). The fraction of sp³-hybridized carbons (Fsp3) is 0.333. The van der Waals surface area contributed by atoms with Crippen LogP contribution in [0.5, 0.6) is 0 Å². The number of nitrogens with one attached hydrogen (secondary N) is 1. The van der Waals surface area contributed by atoms with E-state index in [-0.39, 0.29) is 0 Å². The van der Waals surface area contributed by atoms with Gasteiger partial charge in [0.1, 0.15) is 0 Å². The van der Waals surface area contributed by atoms with Crippen molar-refractivity contribution in [2.45, 2.75) is 6.54 Å². The van der Waals surface area contributed by atoms with Crippen LogP contribution in [-0.4, -0.2) is 18.1 Å². The van der Waals surface area contributed by atoms with E-state index < -0.39 is 0 Å². The molecule has 1 N–H and O–H groups in total. The van der Waals surface area contributed by atoms with Crippen LogP contribution in [0.25, 0.3) is 0 Å². The Morgan fingerprint density at radius 2 is 2.31 bits per heavy atom. The maximum absolute atomic E-state index is 5.99. The van der Waals surface area contributed by atoms with Gasteiger partial charge in [-0.15, -0.1) is 18.2 Å². The Kier molecular flexibility index (Phi) is 6.98. The molecule has 0 fully saturated rings. The SMILES string of the molecule is C#CCSCCNCc1ccc(Br)c(Cl)c1. The number of hydrogen-bond acceptors (Lipinski definition) is 2. The molecule has 0 atom stereocenters. The molecular weight excluding hydrogens is 306 g/mol. The average Bonchev–Trinajstić information content (AvgIpc) is 2.28. The largest absolute Gasteiger partial charge is 0.312 e. The first-order valence-electron chi connectivity index (χ1n) is 4.90. The highest BCUT2D eigenvalue weighted by Gasteiger charge is 1.98. The molecule has 0 radical (unpaired) electrons. The van der Waals surface area contributed by atoms with E-state index in [2.05, 4.69) is 33.2 Å². The van der Waals surface area contributed by atoms with Crippen molar-refractivity contribution in [3.05, 3.63) is 33.3 Å². The molecule has 0 amide bonds. The van der Waals surface area contributed by atoms with Gasteiger partial charge >= 0.3 is 0 Å². The van der Waals surface area contributed by atoms with Crippen molar-refractivity contribution >= 4 is 39.3 Å². The molecule has 0 aliphatic rings. The van der Waals surface area contributed by atoms with Crippen molar-refractivity contribution in [2.24, 2.45) is 0 Å². The molecule has 1 aromatic carbocycles. The van der Waals surface area contributed by atoms with Crippen LogP contribution in [0.1, 0.15) is 5.56 Å². The van der Waals surface area contributed by atoms with Crippen molar-refractivity contribution in [1.29, 1.82) is 0 Å². The summed E-state index contributed by atoms with van der Waals surface area (Å²) < 4.78 is 0.933. The van der Waals surface area contributed by atoms with E-state index in [1.165, 1.54) is 5.56 Å². The Hall–Kier alpha value is -0.140. The molecule has 0 saturated carbocycles. The molecule has 4 heteroatoms. The molecule has 0 bridgehead atoms. The lowest BCUT2D eigenvalue weighted by Crippen LogP contribution is -2.16. The van der Waals surface area contributed by atoms with Crippen LogP contribution in [-0.2, 0) is 6.54 Å². The van der Waals surface area contributed by atoms with Crippen LogP contribution in [0.4, 0.5) is 0 Å². The van der Waals surface area contributed by atoms with Gasteiger partial charge in [0.2, 0.25) is 0 Å². The van der Waals surface area contributed by atoms with Crippen molar-refractivity contribution < 1.29 is 0 Å². The number of benzene rings is 1. The molecule has 0 aliphatic heterocycles. The lowest BCUT2D eigenvalue weighted by molar-refractivity contribution is 0.732. The highest BCUT2D eigenvalue weighted by atomic mass is 79.9. The zero-order chi connectivity index (χ0) is 11.8. The molecule has 86 valence electrons. The highest BCUT2D eigenvalue weighted by Crippen LogP contribution is 2.22. The number of thioether (sulfide) groups is 1. The predicted octanol–water partition coefficient (Wildman–Crippen LogP) is 3.56. The van der Waals surface area contributed by atoms with Gasteiger partial charge in [0.25, 0.3) is 0 Å². The van der Waals surface area contributed by atoms with Crippen molar-refractivity contribution in [2.75, 3.05) is 18.1 Å². The van der Waals surface area contributed by atoms with Crippen LogP contribution in [0, 0.1) is 12.3 Å². The third-order valence-corrected chi connectivity index (χ3v) is 4.02. The second kappa shape index (κ2) is 8.03. The molecule has 0 aliphatic carbocycles. The summed E-state index contributed by atoms with van der Waals surface area (Å²) in [4.78, 5) is 0. The summed E-state index contributed by atoms with van der Waals surface area (Å²) in [6, 6.07) is 5.98. The highest BCUT2D eigenvalue weighted by molar-refractivity contribution is 9.10. The van der Waals surface area contributed by atoms with Crippen LogP contribution >= 0.6 is 39.3 Å². The van der Waals surface area contributed by atoms with Gasteiger partial charge in [-0.25, -0.2) is 0 Å². The van der Waals surface area contributed by atoms with Gasteiger partial charge in [0, 0.05) is 23.3 Å². The summed E-state index contributed by atoms with van der Waals surface area (Å²) in [5.74, 6) is 4.42. The van der Waals surface area contributed by atoms with E-state index in [0.29, 0.717) is 0 Å². The van der Waals surface area contributed by atoms with Gasteiger partial charge < -0.3 is 5.32 Å². The minimum atomic E-state index is 0.751. The third kappa shape index (κ3) is 5.27. The Balaban J connectivity index is 2.22. The summed E-state index contributed by atoms with van der Waals surface area (Å²) >= 11 is 11.1. The molecule has 0 saturated heterocycles. The molecule has 0 spiro atoms. The topological polar surface area (TPSA) is 12.0 Å². The minimum Gasteiger partial charge on any atom is -0.312 e. The van der Waals surface area contributed by atoms with Crippen LogP contribution in [0.3, 0.4) is 0 Å². The fourth-order valence-electron chi connectivity index (χ4n) is 1.16. The second-order valence-electron chi connectivity index (χ2n) is 3.18. The summed E-state index contributed by atoms with van der Waals surface area (Å²) in [6.45, 7) is 1.80. The van der Waals surface area contributed by atoms with E-state index >= 15 is 0 Å². The normalized spacial score (nSPS) is 10.1. The maximum Gasteiger partial charge on any atom is 0.0551 e. The first-order valence-corrected chi connectivity index (χ1v) is 7.22. The van der Waals surface area contributed by atoms with Gasteiger partial charge in [-0.05, 0) is 33.6 Å². The van der Waals surface area contributed by atoms with Gasteiger partial charge in [-0.1, -0.05) is 23.6 Å². The Morgan fingerprint density at radius 1 is 1.50 bits per heavy atom. The zero-order valence-electron chi connectivity index (χ0n) is 8.80. The standard InChI is InChI=1S/C12H13BrClNS/c1-2-6-16-7-5-15-9-10-3-4-11(13)12(14)8-10/h1,3-4,8,15H,5-7,9H2. The van der Waals surface area contributed by atoms with E-state index in [9.17, 15) is 0 Å². The molecule has 16 heavy (non-hydrogen) atoms. The summed E-state index contributed by atoms with van der Waals surface area (Å²) in [6.07, 6.45) is 5.15. The predicted molar refractivity (Wildman–Crippen MR) is 77.0 cm³/mol. The number of rotatable bonds is 6. The average molecular weight is 319 g/mol. The van der Waals surface area contributed by atoms with E-state index in [1.807, 2.05) is 12.1 Å². The minimum absolute atomic E-state index is 0.751. The summed E-state index contributed by atoms with van der Waals surface area (Å²) in [5, 5.41) is 4.09. The van der Waals surface area contributed by atoms with Gasteiger partial charge in [0.05, 0.1) is 10.8 Å². The number of hydrogen-bond donors (Lipinski definition) is 1.